The lowest BCUT2D eigenvalue weighted by molar-refractivity contribution is -0.156. The Bertz CT molecular complexity index is 910. The highest BCUT2D eigenvalue weighted by molar-refractivity contribution is 14.1. The number of hydrogen-bond acceptors (Lipinski definition) is 7. The van der Waals surface area contributed by atoms with Gasteiger partial charge in [0, 0.05) is 9.13 Å². The highest BCUT2D eigenvalue weighted by Gasteiger charge is 2.37. The molecule has 0 aliphatic carbocycles. The first-order chi connectivity index (χ1) is 13.4. The molecule has 1 fully saturated rings. The SMILES string of the molecule is CC(C)(C)OC(=O)CN1C(=O)SC(=Cc2cc(I)cc(Br)c2OCC(=O)O)C1=O. The van der Waals surface area contributed by atoms with E-state index >= 15 is 0 Å². The minimum Gasteiger partial charge on any atom is -0.480 e. The van der Waals surface area contributed by atoms with Crippen LogP contribution in [-0.4, -0.2) is 51.8 Å². The molecule has 0 radical (unpaired) electrons. The number of aliphatic carboxylic acids is 1. The molecular weight excluding hydrogens is 581 g/mol. The molecule has 1 aliphatic heterocycles. The first kappa shape index (κ1) is 23.7. The zero-order valence-corrected chi connectivity index (χ0v) is 20.2. The van der Waals surface area contributed by atoms with E-state index in [4.69, 9.17) is 14.6 Å². The van der Waals surface area contributed by atoms with E-state index in [0.717, 1.165) is 8.47 Å². The van der Waals surface area contributed by atoms with Crippen LogP contribution in [0.25, 0.3) is 6.08 Å². The molecule has 11 heteroatoms. The van der Waals surface area contributed by atoms with Crippen molar-refractivity contribution < 1.29 is 33.8 Å². The number of nitrogens with zero attached hydrogens (tertiary/aromatic N) is 1. The van der Waals surface area contributed by atoms with Crippen molar-refractivity contribution in [2.24, 2.45) is 0 Å². The van der Waals surface area contributed by atoms with Crippen molar-refractivity contribution in [3.63, 3.8) is 0 Å². The van der Waals surface area contributed by atoms with Gasteiger partial charge in [-0.15, -0.1) is 0 Å². The summed E-state index contributed by atoms with van der Waals surface area (Å²) in [6, 6.07) is 3.41. The Hall–Kier alpha value is -1.60. The van der Waals surface area contributed by atoms with Gasteiger partial charge in [0.1, 0.15) is 17.9 Å². The standard InChI is InChI=1S/C18H17BrINO7S/c1-18(2,3)28-14(24)7-21-16(25)12(29-17(21)26)5-9-4-10(20)6-11(19)15(9)27-8-13(22)23/h4-6H,7-8H2,1-3H3,(H,22,23). The number of hydrogen-bond donors (Lipinski definition) is 1. The van der Waals surface area contributed by atoms with Crippen LogP contribution in [-0.2, 0) is 19.1 Å². The van der Waals surface area contributed by atoms with Crippen LogP contribution in [0.3, 0.4) is 0 Å². The Labute approximate surface area is 193 Å². The average Bonchev–Trinajstić information content (AvgIpc) is 2.79. The van der Waals surface area contributed by atoms with E-state index in [-0.39, 0.29) is 10.7 Å². The number of imide groups is 1. The smallest absolute Gasteiger partial charge is 0.341 e. The van der Waals surface area contributed by atoms with Crippen LogP contribution in [0.1, 0.15) is 26.3 Å². The largest absolute Gasteiger partial charge is 0.480 e. The molecule has 1 N–H and O–H groups in total. The Morgan fingerprint density at radius 1 is 1.31 bits per heavy atom. The molecule has 8 nitrogen and oxygen atoms in total. The number of carboxylic acid groups (broad SMARTS) is 1. The van der Waals surface area contributed by atoms with Gasteiger partial charge in [-0.2, -0.15) is 0 Å². The van der Waals surface area contributed by atoms with Crippen molar-refractivity contribution in [1.29, 1.82) is 0 Å². The summed E-state index contributed by atoms with van der Waals surface area (Å²) in [6.45, 7) is 4.00. The summed E-state index contributed by atoms with van der Waals surface area (Å²) >= 11 is 6.05. The predicted molar refractivity (Wildman–Crippen MR) is 119 cm³/mol. The second-order valence-corrected chi connectivity index (χ2v) is 9.94. The van der Waals surface area contributed by atoms with Crippen LogP contribution in [0.4, 0.5) is 4.79 Å². The molecule has 0 atom stereocenters. The fourth-order valence-electron chi connectivity index (χ4n) is 2.25. The van der Waals surface area contributed by atoms with E-state index in [1.807, 2.05) is 0 Å². The van der Waals surface area contributed by atoms with Gasteiger partial charge in [0.15, 0.2) is 6.61 Å². The van der Waals surface area contributed by atoms with Gasteiger partial charge in [0.05, 0.1) is 9.38 Å². The molecule has 2 rings (SSSR count). The normalized spacial score (nSPS) is 15.8. The Morgan fingerprint density at radius 2 is 1.97 bits per heavy atom. The van der Waals surface area contributed by atoms with Crippen molar-refractivity contribution >= 4 is 79.4 Å². The van der Waals surface area contributed by atoms with Crippen molar-refractivity contribution in [2.45, 2.75) is 26.4 Å². The average molecular weight is 598 g/mol. The number of halogens is 2. The molecule has 1 aliphatic rings. The lowest BCUT2D eigenvalue weighted by Crippen LogP contribution is -2.37. The van der Waals surface area contributed by atoms with E-state index < -0.39 is 41.8 Å². The molecule has 0 spiro atoms. The molecule has 29 heavy (non-hydrogen) atoms. The Morgan fingerprint density at radius 3 is 2.55 bits per heavy atom. The van der Waals surface area contributed by atoms with Crippen molar-refractivity contribution in [1.82, 2.24) is 4.90 Å². The molecule has 1 aromatic rings. The van der Waals surface area contributed by atoms with Crippen LogP contribution >= 0.6 is 50.3 Å². The summed E-state index contributed by atoms with van der Waals surface area (Å²) in [5, 5.41) is 8.27. The van der Waals surface area contributed by atoms with Gasteiger partial charge in [0.2, 0.25) is 0 Å². The summed E-state index contributed by atoms with van der Waals surface area (Å²) in [7, 11) is 0. The van der Waals surface area contributed by atoms with Gasteiger partial charge < -0.3 is 14.6 Å². The molecule has 2 amide bonds. The van der Waals surface area contributed by atoms with E-state index in [2.05, 4.69) is 38.5 Å². The molecule has 156 valence electrons. The maximum Gasteiger partial charge on any atom is 0.341 e. The molecule has 0 aromatic heterocycles. The van der Waals surface area contributed by atoms with E-state index in [1.165, 1.54) is 6.08 Å². The third-order valence-electron chi connectivity index (χ3n) is 3.24. The number of ether oxygens (including phenoxy) is 2. The van der Waals surface area contributed by atoms with Crippen LogP contribution in [0.15, 0.2) is 21.5 Å². The van der Waals surface area contributed by atoms with E-state index in [9.17, 15) is 19.2 Å². The second-order valence-electron chi connectivity index (χ2n) is 6.84. The number of carboxylic acids is 1. The zero-order valence-electron chi connectivity index (χ0n) is 15.7. The Kier molecular flexibility index (Phi) is 7.74. The van der Waals surface area contributed by atoms with Crippen molar-refractivity contribution in [2.75, 3.05) is 13.2 Å². The quantitative estimate of drug-likeness (QED) is 0.299. The van der Waals surface area contributed by atoms with Crippen LogP contribution in [0, 0.1) is 3.57 Å². The summed E-state index contributed by atoms with van der Waals surface area (Å²) in [4.78, 5) is 48.6. The summed E-state index contributed by atoms with van der Waals surface area (Å²) in [5.41, 5.74) is -0.314. The topological polar surface area (TPSA) is 110 Å². The number of amides is 2. The first-order valence-corrected chi connectivity index (χ1v) is 10.9. The number of carbonyl (C=O) groups is 4. The minimum absolute atomic E-state index is 0.0904. The summed E-state index contributed by atoms with van der Waals surface area (Å²) in [5.74, 6) is -2.25. The predicted octanol–water partition coefficient (Wildman–Crippen LogP) is 3.90. The van der Waals surface area contributed by atoms with Crippen LogP contribution < -0.4 is 4.74 Å². The lowest BCUT2D eigenvalue weighted by atomic mass is 10.2. The number of carbonyl (C=O) groups excluding carboxylic acids is 3. The fourth-order valence-corrected chi connectivity index (χ4v) is 4.75. The fraction of sp³-hybridized carbons (Fsp3) is 0.333. The lowest BCUT2D eigenvalue weighted by Gasteiger charge is -2.21. The van der Waals surface area contributed by atoms with Gasteiger partial charge in [-0.1, -0.05) is 0 Å². The molecule has 0 saturated carbocycles. The van der Waals surface area contributed by atoms with E-state index in [0.29, 0.717) is 21.8 Å². The minimum atomic E-state index is -1.15. The highest BCUT2D eigenvalue weighted by atomic mass is 127. The third kappa shape index (κ3) is 6.71. The second kappa shape index (κ2) is 9.47. The molecule has 0 unspecified atom stereocenters. The summed E-state index contributed by atoms with van der Waals surface area (Å²) < 4.78 is 11.8. The molecule has 0 bridgehead atoms. The van der Waals surface area contributed by atoms with Gasteiger partial charge in [-0.05, 0) is 89.3 Å². The van der Waals surface area contributed by atoms with Gasteiger partial charge in [0.25, 0.3) is 11.1 Å². The maximum absolute atomic E-state index is 12.6. The summed E-state index contributed by atoms with van der Waals surface area (Å²) in [6.07, 6.45) is 1.43. The molecule has 1 aromatic carbocycles. The van der Waals surface area contributed by atoms with Crippen LogP contribution in [0.2, 0.25) is 0 Å². The van der Waals surface area contributed by atoms with Crippen LogP contribution in [0.5, 0.6) is 5.75 Å². The molecule has 1 saturated heterocycles. The highest BCUT2D eigenvalue weighted by Crippen LogP contribution is 2.37. The van der Waals surface area contributed by atoms with Crippen molar-refractivity contribution in [3.8, 4) is 5.75 Å². The Balaban J connectivity index is 2.29. The molecular formula is C18H17BrINO7S. The zero-order chi connectivity index (χ0) is 21.9. The van der Waals surface area contributed by atoms with Gasteiger partial charge in [-0.25, -0.2) is 4.79 Å². The third-order valence-corrected chi connectivity index (χ3v) is 5.36. The van der Waals surface area contributed by atoms with Gasteiger partial charge in [-0.3, -0.25) is 19.3 Å². The number of thioether (sulfide) groups is 1. The van der Waals surface area contributed by atoms with E-state index in [1.54, 1.807) is 32.9 Å². The number of esters is 1. The van der Waals surface area contributed by atoms with Crippen molar-refractivity contribution in [3.05, 3.63) is 30.6 Å². The van der Waals surface area contributed by atoms with Gasteiger partial charge >= 0.3 is 11.9 Å². The number of benzene rings is 1. The maximum atomic E-state index is 12.6. The number of rotatable bonds is 6. The monoisotopic (exact) mass is 597 g/mol. The molecule has 1 heterocycles. The first-order valence-electron chi connectivity index (χ1n) is 8.18.